The van der Waals surface area contributed by atoms with Gasteiger partial charge in [-0.1, -0.05) is 36.4 Å². The number of halogens is 3. The molecule has 0 heterocycles. The molecule has 186 valence electrons. The third kappa shape index (κ3) is 7.89. The third-order valence-electron chi connectivity index (χ3n) is 4.83. The first-order valence-corrected chi connectivity index (χ1v) is 12.1. The van der Waals surface area contributed by atoms with E-state index < -0.39 is 46.7 Å². The predicted octanol–water partition coefficient (Wildman–Crippen LogP) is 3.55. The number of aliphatic hydroxyl groups excluding tert-OH is 1. The number of benzene rings is 2. The zero-order chi connectivity index (χ0) is 24.9. The lowest BCUT2D eigenvalue weighted by Gasteiger charge is -2.25. The normalized spacial score (nSPS) is 15.9. The van der Waals surface area contributed by atoms with Crippen LogP contribution in [0.25, 0.3) is 0 Å². The van der Waals surface area contributed by atoms with E-state index in [1.165, 1.54) is 6.07 Å². The van der Waals surface area contributed by atoms with Gasteiger partial charge in [0.2, 0.25) is 0 Å². The lowest BCUT2D eigenvalue weighted by atomic mass is 9.99. The molecule has 0 aliphatic heterocycles. The van der Waals surface area contributed by atoms with Crippen molar-refractivity contribution in [1.29, 1.82) is 0 Å². The quantitative estimate of drug-likeness (QED) is 0.477. The number of rotatable bonds is 10. The summed E-state index contributed by atoms with van der Waals surface area (Å²) >= 11 is 0. The van der Waals surface area contributed by atoms with Gasteiger partial charge in [-0.3, -0.25) is 4.18 Å². The maximum Gasteiger partial charge on any atom is 0.419 e. The van der Waals surface area contributed by atoms with E-state index in [0.717, 1.165) is 12.3 Å². The largest absolute Gasteiger partial charge is 0.490 e. The number of nitrogens with one attached hydrogen (secondary N) is 1. The van der Waals surface area contributed by atoms with E-state index in [-0.39, 0.29) is 24.0 Å². The second-order valence-electron chi connectivity index (χ2n) is 7.82. The molecule has 8 nitrogen and oxygen atoms in total. The Morgan fingerprint density at radius 2 is 1.85 bits per heavy atom. The Morgan fingerprint density at radius 3 is 2.44 bits per heavy atom. The average molecular weight is 503 g/mol. The molecule has 1 saturated carbocycles. The van der Waals surface area contributed by atoms with Gasteiger partial charge >= 0.3 is 12.3 Å². The highest BCUT2D eigenvalue weighted by atomic mass is 32.2. The molecule has 0 aromatic heterocycles. The lowest BCUT2D eigenvalue weighted by Crippen LogP contribution is -2.43. The molecule has 2 aromatic rings. The van der Waals surface area contributed by atoms with Gasteiger partial charge in [-0.25, -0.2) is 4.79 Å². The van der Waals surface area contributed by atoms with Crippen molar-refractivity contribution in [3.05, 3.63) is 65.2 Å². The van der Waals surface area contributed by atoms with Crippen LogP contribution in [0.5, 0.6) is 5.75 Å². The molecular formula is C22H24F3NO7S. The number of carbonyl (C=O) groups is 1. The third-order valence-corrected chi connectivity index (χ3v) is 5.39. The van der Waals surface area contributed by atoms with Gasteiger partial charge in [-0.15, -0.1) is 0 Å². The van der Waals surface area contributed by atoms with Crippen LogP contribution in [0.3, 0.4) is 0 Å². The predicted molar refractivity (Wildman–Crippen MR) is 114 cm³/mol. The van der Waals surface area contributed by atoms with Gasteiger partial charge in [-0.05, 0) is 36.1 Å². The summed E-state index contributed by atoms with van der Waals surface area (Å²) < 4.78 is 78.6. The first-order chi connectivity index (χ1) is 15.9. The Kier molecular flexibility index (Phi) is 8.05. The molecule has 2 aromatic carbocycles. The summed E-state index contributed by atoms with van der Waals surface area (Å²) in [6.45, 7) is -0.851. The van der Waals surface area contributed by atoms with E-state index in [1.54, 1.807) is 30.3 Å². The first-order valence-electron chi connectivity index (χ1n) is 10.3. The van der Waals surface area contributed by atoms with E-state index in [0.29, 0.717) is 24.5 Å². The first kappa shape index (κ1) is 25.8. The summed E-state index contributed by atoms with van der Waals surface area (Å²) in [5.41, 5.74) is -0.644. The van der Waals surface area contributed by atoms with Crippen LogP contribution in [0.15, 0.2) is 48.5 Å². The van der Waals surface area contributed by atoms with Crippen molar-refractivity contribution in [2.24, 2.45) is 0 Å². The summed E-state index contributed by atoms with van der Waals surface area (Å²) in [5, 5.41) is 13.0. The highest BCUT2D eigenvalue weighted by Gasteiger charge is 2.37. The molecule has 1 unspecified atom stereocenters. The summed E-state index contributed by atoms with van der Waals surface area (Å²) in [6.07, 6.45) is -5.74. The van der Waals surface area contributed by atoms with Gasteiger partial charge in [-0.2, -0.15) is 21.6 Å². The van der Waals surface area contributed by atoms with Gasteiger partial charge in [0, 0.05) is 0 Å². The van der Waals surface area contributed by atoms with Crippen molar-refractivity contribution in [2.75, 3.05) is 12.9 Å². The fourth-order valence-electron chi connectivity index (χ4n) is 2.98. The standard InChI is InChI=1S/C22H24F3NO7S/c1-34(29,30)32-13-18(26-21(28)31-12-14-5-3-2-4-6-14)20(27)15-7-10-19(33-16-8-9-16)17(11-15)22(23,24)25/h2-7,10-11,16,18,20,27H,8-9,12-13H2,1H3,(H,26,28)/t18-,20?/m1/s1. The maximum atomic E-state index is 13.6. The molecule has 3 rings (SSSR count). The summed E-state index contributed by atoms with van der Waals surface area (Å²) in [6, 6.07) is 10.2. The number of hydrogen-bond acceptors (Lipinski definition) is 7. The molecule has 1 aliphatic rings. The molecule has 1 fully saturated rings. The molecule has 1 amide bonds. The van der Waals surface area contributed by atoms with E-state index in [4.69, 9.17) is 9.47 Å². The molecule has 12 heteroatoms. The van der Waals surface area contributed by atoms with E-state index in [1.807, 2.05) is 0 Å². The molecule has 0 bridgehead atoms. The van der Waals surface area contributed by atoms with Crippen molar-refractivity contribution in [3.8, 4) is 5.75 Å². The number of aliphatic hydroxyl groups is 1. The molecule has 0 saturated heterocycles. The summed E-state index contributed by atoms with van der Waals surface area (Å²) in [4.78, 5) is 12.2. The Labute approximate surface area is 194 Å². The second kappa shape index (κ2) is 10.6. The zero-order valence-electron chi connectivity index (χ0n) is 18.1. The van der Waals surface area contributed by atoms with E-state index >= 15 is 0 Å². The second-order valence-corrected chi connectivity index (χ2v) is 9.46. The number of alkyl halides is 3. The van der Waals surface area contributed by atoms with Gasteiger partial charge in [0.05, 0.1) is 30.6 Å². The van der Waals surface area contributed by atoms with Crippen LogP contribution in [0.2, 0.25) is 0 Å². The Hall–Kier alpha value is -2.83. The minimum absolute atomic E-state index is 0.117. The van der Waals surface area contributed by atoms with E-state index in [9.17, 15) is 31.5 Å². The Morgan fingerprint density at radius 1 is 1.18 bits per heavy atom. The van der Waals surface area contributed by atoms with Crippen molar-refractivity contribution >= 4 is 16.2 Å². The zero-order valence-corrected chi connectivity index (χ0v) is 18.9. The number of hydrogen-bond donors (Lipinski definition) is 2. The fraction of sp³-hybridized carbons (Fsp3) is 0.409. The van der Waals surface area contributed by atoms with Crippen molar-refractivity contribution in [1.82, 2.24) is 5.32 Å². The number of alkyl carbamates (subject to hydrolysis) is 1. The smallest absolute Gasteiger partial charge is 0.419 e. The SMILES string of the molecule is CS(=O)(=O)OC[C@@H](NC(=O)OCc1ccccc1)C(O)c1ccc(OC2CC2)c(C(F)(F)F)c1. The lowest BCUT2D eigenvalue weighted by molar-refractivity contribution is -0.139. The number of amides is 1. The molecule has 0 radical (unpaired) electrons. The van der Waals surface area contributed by atoms with Crippen LogP contribution in [-0.4, -0.2) is 44.6 Å². The van der Waals surface area contributed by atoms with Crippen LogP contribution >= 0.6 is 0 Å². The topological polar surface area (TPSA) is 111 Å². The van der Waals surface area contributed by atoms with Crippen molar-refractivity contribution in [2.45, 2.75) is 43.9 Å². The molecule has 2 N–H and O–H groups in total. The highest BCUT2D eigenvalue weighted by molar-refractivity contribution is 7.85. The fourth-order valence-corrected chi connectivity index (χ4v) is 3.37. The van der Waals surface area contributed by atoms with Crippen LogP contribution in [0, 0.1) is 0 Å². The Bertz CT molecular complexity index is 1090. The monoisotopic (exact) mass is 503 g/mol. The van der Waals surface area contributed by atoms with Crippen LogP contribution in [0.1, 0.15) is 35.6 Å². The number of carbonyl (C=O) groups excluding carboxylic acids is 1. The van der Waals surface area contributed by atoms with Gasteiger partial charge < -0.3 is 19.9 Å². The minimum atomic E-state index is -4.76. The van der Waals surface area contributed by atoms with Crippen LogP contribution in [-0.2, 0) is 31.8 Å². The van der Waals surface area contributed by atoms with Crippen molar-refractivity contribution in [3.63, 3.8) is 0 Å². The molecule has 2 atom stereocenters. The Balaban J connectivity index is 1.78. The minimum Gasteiger partial charge on any atom is -0.490 e. The summed E-state index contributed by atoms with van der Waals surface area (Å²) in [5.74, 6) is -0.370. The molecule has 0 spiro atoms. The van der Waals surface area contributed by atoms with Gasteiger partial charge in [0.15, 0.2) is 0 Å². The molecule has 1 aliphatic carbocycles. The highest BCUT2D eigenvalue weighted by Crippen LogP contribution is 2.40. The van der Waals surface area contributed by atoms with Crippen molar-refractivity contribution < 1.29 is 45.1 Å². The van der Waals surface area contributed by atoms with Gasteiger partial charge in [0.1, 0.15) is 18.5 Å². The molecule has 34 heavy (non-hydrogen) atoms. The van der Waals surface area contributed by atoms with Crippen LogP contribution in [0.4, 0.5) is 18.0 Å². The molecular weight excluding hydrogens is 479 g/mol. The van der Waals surface area contributed by atoms with Crippen LogP contribution < -0.4 is 10.1 Å². The number of ether oxygens (including phenoxy) is 2. The van der Waals surface area contributed by atoms with Gasteiger partial charge in [0.25, 0.3) is 10.1 Å². The van der Waals surface area contributed by atoms with E-state index in [2.05, 4.69) is 9.50 Å². The average Bonchev–Trinajstić information content (AvgIpc) is 3.58. The maximum absolute atomic E-state index is 13.6. The summed E-state index contributed by atoms with van der Waals surface area (Å²) in [7, 11) is -3.97.